The predicted octanol–water partition coefficient (Wildman–Crippen LogP) is 22.2. The number of aliphatic hydroxyl groups is 2. The first-order valence-corrected chi connectivity index (χ1v) is 34.8. The van der Waals surface area contributed by atoms with Crippen LogP contribution in [0.2, 0.25) is 0 Å². The maximum absolute atomic E-state index is 12.4. The van der Waals surface area contributed by atoms with Crippen molar-refractivity contribution in [2.24, 2.45) is 0 Å². The third-order valence-electron chi connectivity index (χ3n) is 16.7. The van der Waals surface area contributed by atoms with E-state index in [4.69, 9.17) is 4.74 Å². The topological polar surface area (TPSA) is 95.9 Å². The molecule has 0 spiro atoms. The quantitative estimate of drug-likeness (QED) is 0.0417. The van der Waals surface area contributed by atoms with Gasteiger partial charge >= 0.3 is 5.97 Å². The Morgan fingerprint density at radius 1 is 0.320 bits per heavy atom. The molecule has 0 radical (unpaired) electrons. The molecule has 0 aliphatic carbocycles. The SMILES string of the molecule is CCCCCCCCCCCCCCCCCC(=O)OCCCCCCCCCCCCCCCCCCCCCCCCCCCCCCCCCCCC(=O)NC(CO)C(O)CCCCCCCCCCCC. The molecule has 0 bridgehead atoms. The minimum absolute atomic E-state index is 0.0256. The summed E-state index contributed by atoms with van der Waals surface area (Å²) in [6.45, 7) is 4.98. The summed E-state index contributed by atoms with van der Waals surface area (Å²) < 4.78 is 5.50. The van der Waals surface area contributed by atoms with Crippen LogP contribution in [-0.4, -0.2) is 47.4 Å². The second-order valence-corrected chi connectivity index (χ2v) is 24.2. The first-order valence-electron chi connectivity index (χ1n) is 34.8. The molecule has 0 aromatic heterocycles. The number of esters is 1. The minimum atomic E-state index is -0.658. The molecule has 3 N–H and O–H groups in total. The number of ether oxygens (including phenoxy) is 1. The number of aliphatic hydroxyl groups excluding tert-OH is 2. The first kappa shape index (κ1) is 73.9. The van der Waals surface area contributed by atoms with Crippen molar-refractivity contribution in [3.8, 4) is 0 Å². The van der Waals surface area contributed by atoms with Crippen molar-refractivity contribution >= 4 is 11.9 Å². The Hall–Kier alpha value is -1.14. The molecule has 6 nitrogen and oxygen atoms in total. The molecule has 6 heteroatoms. The normalized spacial score (nSPS) is 12.4. The fraction of sp³-hybridized carbons (Fsp3) is 0.971. The second-order valence-electron chi connectivity index (χ2n) is 24.2. The molecule has 448 valence electrons. The van der Waals surface area contributed by atoms with E-state index in [0.29, 0.717) is 25.9 Å². The number of unbranched alkanes of at least 4 members (excludes halogenated alkanes) is 55. The molecule has 0 heterocycles. The number of nitrogens with one attached hydrogen (secondary N) is 1. The average molecular weight is 1060 g/mol. The summed E-state index contributed by atoms with van der Waals surface area (Å²) in [5, 5.41) is 23.2. The Morgan fingerprint density at radius 3 is 0.813 bits per heavy atom. The number of rotatable bonds is 66. The highest BCUT2D eigenvalue weighted by Crippen LogP contribution is 2.19. The molecule has 0 saturated heterocycles. The van der Waals surface area contributed by atoms with Crippen molar-refractivity contribution in [1.29, 1.82) is 0 Å². The van der Waals surface area contributed by atoms with Crippen molar-refractivity contribution in [3.63, 3.8) is 0 Å². The molecule has 1 amide bonds. The van der Waals surface area contributed by atoms with Crippen molar-refractivity contribution in [2.75, 3.05) is 13.2 Å². The Bertz CT molecular complexity index is 1080. The van der Waals surface area contributed by atoms with E-state index in [1.165, 1.54) is 334 Å². The van der Waals surface area contributed by atoms with Crippen molar-refractivity contribution in [2.45, 2.75) is 418 Å². The monoisotopic (exact) mass is 1060 g/mol. The average Bonchev–Trinajstić information content (AvgIpc) is 3.41. The van der Waals surface area contributed by atoms with Gasteiger partial charge in [0.2, 0.25) is 5.91 Å². The molecule has 2 unspecified atom stereocenters. The predicted molar refractivity (Wildman–Crippen MR) is 329 cm³/mol. The smallest absolute Gasteiger partial charge is 0.305 e. The molecule has 0 saturated carbocycles. The minimum Gasteiger partial charge on any atom is -0.466 e. The zero-order valence-corrected chi connectivity index (χ0v) is 51.3. The number of hydrogen-bond donors (Lipinski definition) is 3. The molecular weight excluding hydrogens is 923 g/mol. The van der Waals surface area contributed by atoms with Crippen molar-refractivity contribution in [3.05, 3.63) is 0 Å². The molecule has 75 heavy (non-hydrogen) atoms. The number of carbonyl (C=O) groups excluding carboxylic acids is 2. The summed E-state index contributed by atoms with van der Waals surface area (Å²) in [4.78, 5) is 24.5. The highest BCUT2D eigenvalue weighted by Gasteiger charge is 2.20. The first-order chi connectivity index (χ1) is 37.0. The zero-order valence-electron chi connectivity index (χ0n) is 51.3. The highest BCUT2D eigenvalue weighted by atomic mass is 16.5. The fourth-order valence-corrected chi connectivity index (χ4v) is 11.4. The summed E-state index contributed by atoms with van der Waals surface area (Å²) in [6.07, 6.45) is 78.9. The summed E-state index contributed by atoms with van der Waals surface area (Å²) in [5.74, 6) is -0.00373. The van der Waals surface area contributed by atoms with Crippen molar-refractivity contribution < 1.29 is 24.5 Å². The van der Waals surface area contributed by atoms with Gasteiger partial charge in [0.05, 0.1) is 25.4 Å². The Labute approximate surface area is 470 Å². The summed E-state index contributed by atoms with van der Waals surface area (Å²) in [6, 6.07) is -0.534. The van der Waals surface area contributed by atoms with Crippen LogP contribution in [0.15, 0.2) is 0 Å². The van der Waals surface area contributed by atoms with Gasteiger partial charge in [0.25, 0.3) is 0 Å². The molecule has 2 atom stereocenters. The van der Waals surface area contributed by atoms with E-state index in [-0.39, 0.29) is 18.5 Å². The third-order valence-corrected chi connectivity index (χ3v) is 16.7. The van der Waals surface area contributed by atoms with E-state index in [2.05, 4.69) is 19.2 Å². The van der Waals surface area contributed by atoms with Crippen LogP contribution in [0.25, 0.3) is 0 Å². The molecule has 0 aromatic carbocycles. The van der Waals surface area contributed by atoms with E-state index in [1.807, 2.05) is 0 Å². The summed E-state index contributed by atoms with van der Waals surface area (Å²) >= 11 is 0. The fourth-order valence-electron chi connectivity index (χ4n) is 11.4. The lowest BCUT2D eigenvalue weighted by molar-refractivity contribution is -0.143. The van der Waals surface area contributed by atoms with Crippen LogP contribution in [0.4, 0.5) is 0 Å². The maximum Gasteiger partial charge on any atom is 0.305 e. The lowest BCUT2D eigenvalue weighted by Gasteiger charge is -2.22. The van der Waals surface area contributed by atoms with E-state index in [9.17, 15) is 19.8 Å². The molecule has 0 aromatic rings. The van der Waals surface area contributed by atoms with Gasteiger partial charge in [-0.2, -0.15) is 0 Å². The van der Waals surface area contributed by atoms with E-state index < -0.39 is 12.1 Å². The molecular formula is C69H137NO5. The summed E-state index contributed by atoms with van der Waals surface area (Å²) in [7, 11) is 0. The largest absolute Gasteiger partial charge is 0.466 e. The third kappa shape index (κ3) is 61.9. The Kier molecular flexibility index (Phi) is 64.4. The molecule has 0 fully saturated rings. The van der Waals surface area contributed by atoms with E-state index >= 15 is 0 Å². The molecule has 0 aliphatic rings. The molecule has 0 aliphatic heterocycles. The van der Waals surface area contributed by atoms with Crippen LogP contribution in [0.3, 0.4) is 0 Å². The van der Waals surface area contributed by atoms with Gasteiger partial charge in [0.1, 0.15) is 0 Å². The standard InChI is InChI=1S/C69H137NO5/c1-3-5-7-9-11-13-15-16-36-40-43-47-51-55-59-63-69(74)75-64-60-56-52-48-44-41-38-35-33-31-29-27-25-23-21-19-17-18-20-22-24-26-28-30-32-34-37-39-42-46-50-54-58-62-68(73)70-66(65-71)67(72)61-57-53-49-45-14-12-10-8-6-4-2/h66-67,71-72H,3-65H2,1-2H3,(H,70,73). The summed E-state index contributed by atoms with van der Waals surface area (Å²) in [5.41, 5.74) is 0. The van der Waals surface area contributed by atoms with Gasteiger partial charge < -0.3 is 20.3 Å². The van der Waals surface area contributed by atoms with Crippen LogP contribution >= 0.6 is 0 Å². The van der Waals surface area contributed by atoms with Gasteiger partial charge in [-0.05, 0) is 25.7 Å². The van der Waals surface area contributed by atoms with E-state index in [0.717, 1.165) is 38.5 Å². The van der Waals surface area contributed by atoms with Crippen LogP contribution in [0.1, 0.15) is 406 Å². The van der Waals surface area contributed by atoms with Gasteiger partial charge in [-0.1, -0.05) is 367 Å². The van der Waals surface area contributed by atoms with Gasteiger partial charge in [-0.25, -0.2) is 0 Å². The Balaban J connectivity index is 3.27. The zero-order chi connectivity index (χ0) is 54.3. The number of carbonyl (C=O) groups is 2. The van der Waals surface area contributed by atoms with Crippen LogP contribution in [0.5, 0.6) is 0 Å². The number of amides is 1. The van der Waals surface area contributed by atoms with Crippen molar-refractivity contribution in [1.82, 2.24) is 5.32 Å². The second kappa shape index (κ2) is 65.4. The van der Waals surface area contributed by atoms with Gasteiger partial charge in [0, 0.05) is 12.8 Å². The molecule has 0 rings (SSSR count). The van der Waals surface area contributed by atoms with E-state index in [1.54, 1.807) is 0 Å². The van der Waals surface area contributed by atoms with Gasteiger partial charge in [-0.3, -0.25) is 9.59 Å². The van der Waals surface area contributed by atoms with Gasteiger partial charge in [0.15, 0.2) is 0 Å². The lowest BCUT2D eigenvalue weighted by atomic mass is 10.0. The van der Waals surface area contributed by atoms with Crippen LogP contribution < -0.4 is 5.32 Å². The maximum atomic E-state index is 12.4. The Morgan fingerprint density at radius 2 is 0.547 bits per heavy atom. The van der Waals surface area contributed by atoms with Crippen LogP contribution in [-0.2, 0) is 14.3 Å². The van der Waals surface area contributed by atoms with Crippen LogP contribution in [0, 0.1) is 0 Å². The lowest BCUT2D eigenvalue weighted by Crippen LogP contribution is -2.45. The highest BCUT2D eigenvalue weighted by molar-refractivity contribution is 5.76. The van der Waals surface area contributed by atoms with Gasteiger partial charge in [-0.15, -0.1) is 0 Å². The number of hydrogen-bond acceptors (Lipinski definition) is 5.